The van der Waals surface area contributed by atoms with Gasteiger partial charge in [0.1, 0.15) is 6.04 Å². The summed E-state index contributed by atoms with van der Waals surface area (Å²) < 4.78 is 0. The van der Waals surface area contributed by atoms with Gasteiger partial charge in [-0.2, -0.15) is 0 Å². The smallest absolute Gasteiger partial charge is 0.326 e. The minimum Gasteiger partial charge on any atom is -0.480 e. The number of amides is 1. The van der Waals surface area contributed by atoms with E-state index >= 15 is 0 Å². The average molecular weight is 268 g/mol. The molecule has 0 bridgehead atoms. The fourth-order valence-electron chi connectivity index (χ4n) is 3.67. The molecule has 0 radical (unpaired) electrons. The number of hydrogen-bond acceptors (Lipinski definition) is 4. The van der Waals surface area contributed by atoms with Crippen LogP contribution in [0, 0.1) is 11.3 Å². The lowest BCUT2D eigenvalue weighted by molar-refractivity contribution is -0.149. The minimum absolute atomic E-state index is 0.0262. The molecule has 2 aliphatic heterocycles. The highest BCUT2D eigenvalue weighted by Crippen LogP contribution is 2.59. The average Bonchev–Trinajstić information content (AvgIpc) is 2.90. The largest absolute Gasteiger partial charge is 0.480 e. The number of β-amino-alcohol motifs (C(OH)–C–C–N with tert-alkyl or cyclic N) is 1. The molecule has 3 aliphatic rings. The number of rotatable bonds is 2. The van der Waals surface area contributed by atoms with Gasteiger partial charge in [0.15, 0.2) is 0 Å². The Hall–Kier alpha value is -1.14. The number of nitrogens with zero attached hydrogens (tertiary/aromatic N) is 1. The molecule has 0 aromatic rings. The Bertz CT molecular complexity index is 405. The molecule has 1 saturated carbocycles. The summed E-state index contributed by atoms with van der Waals surface area (Å²) >= 11 is 0. The van der Waals surface area contributed by atoms with Crippen molar-refractivity contribution >= 4 is 11.9 Å². The van der Waals surface area contributed by atoms with E-state index in [0.29, 0.717) is 0 Å². The van der Waals surface area contributed by atoms with Crippen molar-refractivity contribution in [3.05, 3.63) is 0 Å². The van der Waals surface area contributed by atoms with Crippen molar-refractivity contribution in [2.75, 3.05) is 19.6 Å². The summed E-state index contributed by atoms with van der Waals surface area (Å²) in [6.07, 6.45) is 2.33. The van der Waals surface area contributed by atoms with Gasteiger partial charge in [0.25, 0.3) is 0 Å². The van der Waals surface area contributed by atoms with Gasteiger partial charge in [-0.15, -0.1) is 0 Å². The van der Waals surface area contributed by atoms with Gasteiger partial charge in [-0.25, -0.2) is 4.79 Å². The molecule has 6 heteroatoms. The predicted molar refractivity (Wildman–Crippen MR) is 66.4 cm³/mol. The third kappa shape index (κ3) is 2.12. The van der Waals surface area contributed by atoms with E-state index in [1.54, 1.807) is 0 Å². The topological polar surface area (TPSA) is 89.9 Å². The zero-order valence-corrected chi connectivity index (χ0v) is 10.8. The molecule has 1 amide bonds. The summed E-state index contributed by atoms with van der Waals surface area (Å²) in [4.78, 5) is 25.0. The summed E-state index contributed by atoms with van der Waals surface area (Å²) in [5, 5.41) is 22.0. The van der Waals surface area contributed by atoms with E-state index in [4.69, 9.17) is 5.11 Å². The Morgan fingerprint density at radius 3 is 2.58 bits per heavy atom. The number of aliphatic hydroxyl groups excluding tert-OH is 1. The van der Waals surface area contributed by atoms with Crippen LogP contribution in [0.2, 0.25) is 0 Å². The first-order chi connectivity index (χ1) is 9.03. The third-order valence-electron chi connectivity index (χ3n) is 4.93. The number of likely N-dealkylation sites (tertiary alicyclic amines) is 1. The van der Waals surface area contributed by atoms with E-state index in [9.17, 15) is 14.7 Å². The SMILES string of the molecule is O=C(O)[C@@H]1C[C@@H](O)CN1C(=O)C1CC12CCNCC2. The molecular formula is C13H20N2O4. The van der Waals surface area contributed by atoms with E-state index in [2.05, 4.69) is 5.32 Å². The van der Waals surface area contributed by atoms with Crippen LogP contribution in [0.25, 0.3) is 0 Å². The summed E-state index contributed by atoms with van der Waals surface area (Å²) in [5.41, 5.74) is 0.110. The maximum absolute atomic E-state index is 12.5. The lowest BCUT2D eigenvalue weighted by Gasteiger charge is -2.26. The van der Waals surface area contributed by atoms with Gasteiger partial charge in [-0.3, -0.25) is 4.79 Å². The van der Waals surface area contributed by atoms with Gasteiger partial charge in [0.2, 0.25) is 5.91 Å². The minimum atomic E-state index is -1.01. The fraction of sp³-hybridized carbons (Fsp3) is 0.846. The first-order valence-electron chi connectivity index (χ1n) is 6.95. The summed E-state index contributed by atoms with van der Waals surface area (Å²) in [7, 11) is 0. The summed E-state index contributed by atoms with van der Waals surface area (Å²) in [6, 6.07) is -0.845. The summed E-state index contributed by atoms with van der Waals surface area (Å²) in [6.45, 7) is 2.05. The molecule has 6 nitrogen and oxygen atoms in total. The van der Waals surface area contributed by atoms with Crippen LogP contribution in [0.4, 0.5) is 0 Å². The maximum Gasteiger partial charge on any atom is 0.326 e. The predicted octanol–water partition coefficient (Wildman–Crippen LogP) is -0.577. The van der Waals surface area contributed by atoms with Crippen LogP contribution in [0.1, 0.15) is 25.7 Å². The van der Waals surface area contributed by atoms with Crippen LogP contribution in [0.5, 0.6) is 0 Å². The monoisotopic (exact) mass is 268 g/mol. The quantitative estimate of drug-likeness (QED) is 0.623. The molecule has 3 rings (SSSR count). The van der Waals surface area contributed by atoms with Gasteiger partial charge >= 0.3 is 5.97 Å². The Morgan fingerprint density at radius 1 is 1.26 bits per heavy atom. The highest BCUT2D eigenvalue weighted by atomic mass is 16.4. The Morgan fingerprint density at radius 2 is 1.95 bits per heavy atom. The number of carboxylic acids is 1. The number of piperidine rings is 1. The number of carbonyl (C=O) groups is 2. The van der Waals surface area contributed by atoms with Crippen LogP contribution in [-0.4, -0.2) is 58.8 Å². The molecule has 3 atom stereocenters. The van der Waals surface area contributed by atoms with Crippen molar-refractivity contribution in [1.82, 2.24) is 10.2 Å². The van der Waals surface area contributed by atoms with Gasteiger partial charge in [0, 0.05) is 18.9 Å². The Kier molecular flexibility index (Phi) is 3.02. The molecule has 3 N–H and O–H groups in total. The molecule has 2 heterocycles. The normalized spacial score (nSPS) is 36.5. The molecule has 1 aliphatic carbocycles. The highest BCUT2D eigenvalue weighted by Gasteiger charge is 2.60. The van der Waals surface area contributed by atoms with Crippen LogP contribution < -0.4 is 5.32 Å². The van der Waals surface area contributed by atoms with Crippen molar-refractivity contribution in [2.24, 2.45) is 11.3 Å². The van der Waals surface area contributed by atoms with Crippen LogP contribution in [-0.2, 0) is 9.59 Å². The molecule has 0 aromatic heterocycles. The number of carbonyl (C=O) groups excluding carboxylic acids is 1. The summed E-state index contributed by atoms with van der Waals surface area (Å²) in [5.74, 6) is -1.10. The Labute approximate surface area is 111 Å². The van der Waals surface area contributed by atoms with Gasteiger partial charge in [-0.05, 0) is 37.8 Å². The zero-order valence-electron chi connectivity index (χ0n) is 10.8. The van der Waals surface area contributed by atoms with Crippen molar-refractivity contribution in [3.63, 3.8) is 0 Å². The molecular weight excluding hydrogens is 248 g/mol. The van der Waals surface area contributed by atoms with Crippen molar-refractivity contribution in [3.8, 4) is 0 Å². The first kappa shape index (κ1) is 12.9. The number of aliphatic hydroxyl groups is 1. The van der Waals surface area contributed by atoms with Crippen molar-refractivity contribution in [1.29, 1.82) is 0 Å². The number of aliphatic carboxylic acids is 1. The lowest BCUT2D eigenvalue weighted by Crippen LogP contribution is -2.43. The number of nitrogens with one attached hydrogen (secondary N) is 1. The number of hydrogen-bond donors (Lipinski definition) is 3. The van der Waals surface area contributed by atoms with E-state index in [0.717, 1.165) is 32.4 Å². The van der Waals surface area contributed by atoms with Crippen LogP contribution >= 0.6 is 0 Å². The standard InChI is InChI=1S/C13H20N2O4/c16-8-5-10(12(18)19)15(7-8)11(17)9-6-13(9)1-3-14-4-2-13/h8-10,14,16H,1-7H2,(H,18,19)/t8-,9?,10+/m1/s1. The fourth-order valence-corrected chi connectivity index (χ4v) is 3.67. The first-order valence-corrected chi connectivity index (χ1v) is 6.95. The molecule has 19 heavy (non-hydrogen) atoms. The van der Waals surface area contributed by atoms with Gasteiger partial charge in [-0.1, -0.05) is 0 Å². The van der Waals surface area contributed by atoms with Crippen LogP contribution in [0.3, 0.4) is 0 Å². The second kappa shape index (κ2) is 4.45. The second-order valence-corrected chi connectivity index (χ2v) is 6.10. The molecule has 1 spiro atoms. The highest BCUT2D eigenvalue weighted by molar-refractivity contribution is 5.88. The third-order valence-corrected chi connectivity index (χ3v) is 4.93. The van der Waals surface area contributed by atoms with E-state index in [1.807, 2.05) is 0 Å². The second-order valence-electron chi connectivity index (χ2n) is 6.10. The van der Waals surface area contributed by atoms with E-state index in [-0.39, 0.29) is 30.2 Å². The van der Waals surface area contributed by atoms with Crippen molar-refractivity contribution < 1.29 is 19.8 Å². The van der Waals surface area contributed by atoms with E-state index in [1.165, 1.54) is 4.90 Å². The van der Waals surface area contributed by atoms with E-state index < -0.39 is 18.1 Å². The molecule has 2 saturated heterocycles. The number of carboxylic acid groups (broad SMARTS) is 1. The Balaban J connectivity index is 1.69. The molecule has 3 fully saturated rings. The van der Waals surface area contributed by atoms with Gasteiger partial charge in [0.05, 0.1) is 6.10 Å². The lowest BCUT2D eigenvalue weighted by atomic mass is 9.91. The maximum atomic E-state index is 12.5. The van der Waals surface area contributed by atoms with Gasteiger partial charge < -0.3 is 20.4 Å². The van der Waals surface area contributed by atoms with Crippen LogP contribution in [0.15, 0.2) is 0 Å². The zero-order chi connectivity index (χ0) is 13.6. The molecule has 106 valence electrons. The molecule has 0 aromatic carbocycles. The van der Waals surface area contributed by atoms with Crippen molar-refractivity contribution in [2.45, 2.75) is 37.8 Å². The molecule has 1 unspecified atom stereocenters.